The van der Waals surface area contributed by atoms with Crippen molar-refractivity contribution in [2.24, 2.45) is 5.92 Å². The molecule has 1 aliphatic heterocycles. The Morgan fingerprint density at radius 2 is 2.00 bits per heavy atom. The SMILES string of the molecule is N#Cc1cccnc1N1CCC(CNC(=O)C=Cc2ccccc2)CC1. The summed E-state index contributed by atoms with van der Waals surface area (Å²) >= 11 is 0. The average Bonchev–Trinajstić information content (AvgIpc) is 2.72. The maximum absolute atomic E-state index is 12.0. The van der Waals surface area contributed by atoms with Crippen molar-refractivity contribution in [2.45, 2.75) is 12.8 Å². The molecule has 0 atom stereocenters. The van der Waals surface area contributed by atoms with Crippen molar-refractivity contribution < 1.29 is 4.79 Å². The third kappa shape index (κ3) is 4.70. The minimum atomic E-state index is -0.0622. The molecule has 1 aromatic heterocycles. The second-order valence-electron chi connectivity index (χ2n) is 6.41. The Bertz CT molecular complexity index is 802. The monoisotopic (exact) mass is 346 g/mol. The van der Waals surface area contributed by atoms with E-state index in [1.54, 1.807) is 24.4 Å². The first kappa shape index (κ1) is 17.7. The number of amides is 1. The van der Waals surface area contributed by atoms with E-state index in [-0.39, 0.29) is 5.91 Å². The summed E-state index contributed by atoms with van der Waals surface area (Å²) in [5, 5.41) is 12.2. The Kier molecular flexibility index (Phi) is 6.00. The lowest BCUT2D eigenvalue weighted by atomic mass is 9.96. The van der Waals surface area contributed by atoms with E-state index in [0.29, 0.717) is 18.0 Å². The van der Waals surface area contributed by atoms with Gasteiger partial charge in [-0.25, -0.2) is 4.98 Å². The fourth-order valence-electron chi connectivity index (χ4n) is 3.13. The molecule has 5 nitrogen and oxygen atoms in total. The van der Waals surface area contributed by atoms with Crippen LogP contribution in [0.3, 0.4) is 0 Å². The van der Waals surface area contributed by atoms with Crippen LogP contribution in [-0.2, 0) is 4.79 Å². The number of nitriles is 1. The molecule has 1 aliphatic rings. The number of benzene rings is 1. The number of rotatable bonds is 5. The zero-order chi connectivity index (χ0) is 18.2. The number of anilines is 1. The van der Waals surface area contributed by atoms with E-state index in [2.05, 4.69) is 21.3 Å². The number of hydrogen-bond donors (Lipinski definition) is 1. The van der Waals surface area contributed by atoms with Crippen molar-refractivity contribution in [3.05, 3.63) is 65.9 Å². The van der Waals surface area contributed by atoms with Gasteiger partial charge >= 0.3 is 0 Å². The molecule has 2 heterocycles. The van der Waals surface area contributed by atoms with Crippen molar-refractivity contribution in [1.82, 2.24) is 10.3 Å². The summed E-state index contributed by atoms with van der Waals surface area (Å²) in [5.74, 6) is 1.16. The molecule has 26 heavy (non-hydrogen) atoms. The number of aromatic nitrogens is 1. The van der Waals surface area contributed by atoms with E-state index >= 15 is 0 Å². The van der Waals surface area contributed by atoms with E-state index in [9.17, 15) is 10.1 Å². The topological polar surface area (TPSA) is 69.0 Å². The number of hydrogen-bond acceptors (Lipinski definition) is 4. The summed E-state index contributed by atoms with van der Waals surface area (Å²) in [5.41, 5.74) is 1.63. The van der Waals surface area contributed by atoms with E-state index < -0.39 is 0 Å². The summed E-state index contributed by atoms with van der Waals surface area (Å²) in [6, 6.07) is 15.6. The second kappa shape index (κ2) is 8.82. The lowest BCUT2D eigenvalue weighted by Gasteiger charge is -2.33. The summed E-state index contributed by atoms with van der Waals surface area (Å²) in [6.07, 6.45) is 7.08. The van der Waals surface area contributed by atoms with Gasteiger partial charge in [-0.1, -0.05) is 30.3 Å². The van der Waals surface area contributed by atoms with Crippen LogP contribution in [0.15, 0.2) is 54.7 Å². The number of nitrogens with one attached hydrogen (secondary N) is 1. The maximum Gasteiger partial charge on any atom is 0.244 e. The molecule has 1 aromatic carbocycles. The highest BCUT2D eigenvalue weighted by Crippen LogP contribution is 2.23. The lowest BCUT2D eigenvalue weighted by molar-refractivity contribution is -0.116. The molecule has 0 saturated carbocycles. The first-order valence-electron chi connectivity index (χ1n) is 8.87. The van der Waals surface area contributed by atoms with Crippen LogP contribution >= 0.6 is 0 Å². The molecule has 1 amide bonds. The van der Waals surface area contributed by atoms with Crippen molar-refractivity contribution in [3.63, 3.8) is 0 Å². The van der Waals surface area contributed by atoms with Gasteiger partial charge in [0.15, 0.2) is 0 Å². The van der Waals surface area contributed by atoms with Gasteiger partial charge in [-0.05, 0) is 42.5 Å². The van der Waals surface area contributed by atoms with E-state index in [1.165, 1.54) is 0 Å². The first-order valence-corrected chi connectivity index (χ1v) is 8.87. The summed E-state index contributed by atoms with van der Waals surface area (Å²) in [4.78, 5) is 18.5. The summed E-state index contributed by atoms with van der Waals surface area (Å²) in [7, 11) is 0. The molecule has 3 rings (SSSR count). The Balaban J connectivity index is 1.45. The van der Waals surface area contributed by atoms with Gasteiger partial charge < -0.3 is 10.2 Å². The third-order valence-electron chi connectivity index (χ3n) is 4.61. The van der Waals surface area contributed by atoms with Gasteiger partial charge in [0, 0.05) is 31.9 Å². The summed E-state index contributed by atoms with van der Waals surface area (Å²) in [6.45, 7) is 2.39. The molecule has 1 saturated heterocycles. The molecule has 0 radical (unpaired) electrons. The predicted octanol–water partition coefficient (Wildman–Crippen LogP) is 3.00. The smallest absolute Gasteiger partial charge is 0.244 e. The highest BCUT2D eigenvalue weighted by atomic mass is 16.1. The standard InChI is InChI=1S/C21H22N4O/c22-15-19-7-4-12-23-21(19)25-13-10-18(11-14-25)16-24-20(26)9-8-17-5-2-1-3-6-17/h1-9,12,18H,10-11,13-14,16H2,(H,24,26). The van der Waals surface area contributed by atoms with Gasteiger partial charge in [-0.2, -0.15) is 5.26 Å². The third-order valence-corrected chi connectivity index (χ3v) is 4.61. The van der Waals surface area contributed by atoms with E-state index in [0.717, 1.165) is 37.3 Å². The van der Waals surface area contributed by atoms with Crippen LogP contribution in [0.1, 0.15) is 24.0 Å². The molecular formula is C21H22N4O. The average molecular weight is 346 g/mol. The van der Waals surface area contributed by atoms with Crippen LogP contribution in [0.25, 0.3) is 6.08 Å². The largest absolute Gasteiger partial charge is 0.356 e. The van der Waals surface area contributed by atoms with Gasteiger partial charge in [0.25, 0.3) is 0 Å². The quantitative estimate of drug-likeness (QED) is 0.845. The molecule has 0 unspecified atom stereocenters. The molecule has 1 fully saturated rings. The fraction of sp³-hybridized carbons (Fsp3) is 0.286. The second-order valence-corrected chi connectivity index (χ2v) is 6.41. The number of carbonyl (C=O) groups excluding carboxylic acids is 1. The fourth-order valence-corrected chi connectivity index (χ4v) is 3.13. The zero-order valence-electron chi connectivity index (χ0n) is 14.6. The number of pyridine rings is 1. The van der Waals surface area contributed by atoms with Crippen LogP contribution in [0.4, 0.5) is 5.82 Å². The minimum absolute atomic E-state index is 0.0622. The molecule has 132 valence electrons. The van der Waals surface area contributed by atoms with Gasteiger partial charge in [0.1, 0.15) is 11.9 Å². The molecule has 5 heteroatoms. The van der Waals surface area contributed by atoms with E-state index in [1.807, 2.05) is 36.4 Å². The normalized spacial score (nSPS) is 15.0. The molecule has 2 aromatic rings. The van der Waals surface area contributed by atoms with Gasteiger partial charge in [0.05, 0.1) is 5.56 Å². The Hall–Kier alpha value is -3.13. The Morgan fingerprint density at radius 1 is 1.23 bits per heavy atom. The Labute approximate surface area is 154 Å². The molecule has 0 bridgehead atoms. The van der Waals surface area contributed by atoms with Gasteiger partial charge in [-0.15, -0.1) is 0 Å². The van der Waals surface area contributed by atoms with Crippen LogP contribution in [0.5, 0.6) is 0 Å². The molecular weight excluding hydrogens is 324 g/mol. The minimum Gasteiger partial charge on any atom is -0.356 e. The van der Waals surface area contributed by atoms with Gasteiger partial charge in [0.2, 0.25) is 5.91 Å². The highest BCUT2D eigenvalue weighted by molar-refractivity contribution is 5.91. The van der Waals surface area contributed by atoms with Crippen LogP contribution in [0.2, 0.25) is 0 Å². The number of nitrogens with zero attached hydrogens (tertiary/aromatic N) is 3. The Morgan fingerprint density at radius 3 is 2.73 bits per heavy atom. The molecule has 0 aliphatic carbocycles. The lowest BCUT2D eigenvalue weighted by Crippen LogP contribution is -2.39. The maximum atomic E-state index is 12.0. The van der Waals surface area contributed by atoms with Crippen LogP contribution in [0, 0.1) is 17.2 Å². The first-order chi connectivity index (χ1) is 12.8. The summed E-state index contributed by atoms with van der Waals surface area (Å²) < 4.78 is 0. The van der Waals surface area contributed by atoms with Crippen LogP contribution < -0.4 is 10.2 Å². The predicted molar refractivity (Wildman–Crippen MR) is 102 cm³/mol. The van der Waals surface area contributed by atoms with Crippen LogP contribution in [-0.4, -0.2) is 30.5 Å². The molecule has 0 spiro atoms. The van der Waals surface area contributed by atoms with Gasteiger partial charge in [-0.3, -0.25) is 4.79 Å². The van der Waals surface area contributed by atoms with E-state index in [4.69, 9.17) is 0 Å². The molecule has 1 N–H and O–H groups in total. The number of piperidine rings is 1. The van der Waals surface area contributed by atoms with Crippen molar-refractivity contribution in [1.29, 1.82) is 5.26 Å². The zero-order valence-corrected chi connectivity index (χ0v) is 14.6. The van der Waals surface area contributed by atoms with Crippen molar-refractivity contribution in [2.75, 3.05) is 24.5 Å². The van der Waals surface area contributed by atoms with Crippen molar-refractivity contribution in [3.8, 4) is 6.07 Å². The number of carbonyl (C=O) groups is 1. The highest BCUT2D eigenvalue weighted by Gasteiger charge is 2.22. The van der Waals surface area contributed by atoms with Crippen molar-refractivity contribution >= 4 is 17.8 Å².